The number of imide groups is 1. The predicted octanol–water partition coefficient (Wildman–Crippen LogP) is 2.29. The van der Waals surface area contributed by atoms with Crippen LogP contribution in [-0.4, -0.2) is 34.7 Å². The van der Waals surface area contributed by atoms with E-state index in [4.69, 9.17) is 0 Å². The Balaban J connectivity index is 1.81. The molecule has 0 aromatic heterocycles. The lowest BCUT2D eigenvalue weighted by Crippen LogP contribution is -2.48. The molecule has 3 amide bonds. The number of rotatable bonds is 5. The largest absolute Gasteiger partial charge is 0.325 e. The van der Waals surface area contributed by atoms with E-state index < -0.39 is 11.6 Å². The summed E-state index contributed by atoms with van der Waals surface area (Å²) in [7, 11) is 0. The van der Waals surface area contributed by atoms with Crippen molar-refractivity contribution < 1.29 is 14.4 Å². The first-order valence-corrected chi connectivity index (χ1v) is 7.72. The third-order valence-corrected chi connectivity index (χ3v) is 4.78. The highest BCUT2D eigenvalue weighted by atomic mass is 16.2. The number of hydrogen-bond acceptors (Lipinski definition) is 3. The second-order valence-corrected chi connectivity index (χ2v) is 6.16. The maximum absolute atomic E-state index is 12.7. The molecule has 1 aromatic rings. The first-order valence-electron chi connectivity index (χ1n) is 7.72. The summed E-state index contributed by atoms with van der Waals surface area (Å²) in [5, 5.41) is 2.84. The highest BCUT2D eigenvalue weighted by Gasteiger charge is 2.58. The molecule has 1 aliphatic heterocycles. The third kappa shape index (κ3) is 2.21. The number of carbonyl (C=O) groups is 3. The molecule has 22 heavy (non-hydrogen) atoms. The Bertz CT molecular complexity index is 651. The molecular weight excluding hydrogens is 280 g/mol. The van der Waals surface area contributed by atoms with Crippen LogP contribution in [0.1, 0.15) is 42.1 Å². The van der Waals surface area contributed by atoms with E-state index in [9.17, 15) is 14.4 Å². The number of Topliss-reactive ketones (excluding diaryl/α,β-unsaturated/α-hetero) is 1. The van der Waals surface area contributed by atoms with Gasteiger partial charge in [-0.05, 0) is 37.7 Å². The highest BCUT2D eigenvalue weighted by Crippen LogP contribution is 2.44. The van der Waals surface area contributed by atoms with Crippen molar-refractivity contribution in [1.82, 2.24) is 10.2 Å². The fourth-order valence-electron chi connectivity index (χ4n) is 3.28. The first-order chi connectivity index (χ1) is 10.5. The van der Waals surface area contributed by atoms with Crippen molar-refractivity contribution in [1.29, 1.82) is 0 Å². The molecule has 2 aliphatic rings. The van der Waals surface area contributed by atoms with Crippen LogP contribution in [0.25, 0.3) is 0 Å². The standard InChI is InChI=1S/C17H20N2O3/c1-3-17(12-8-9-12)15(21)19(16(22)18-17)10-14(20)13-7-5-4-6-11(13)2/h4-7,12H,3,8-10H2,1-2H3,(H,18,22)/t17-/m0/s1. The summed E-state index contributed by atoms with van der Waals surface area (Å²) in [6.07, 6.45) is 2.48. The van der Waals surface area contributed by atoms with Gasteiger partial charge in [0, 0.05) is 5.56 Å². The van der Waals surface area contributed by atoms with Gasteiger partial charge in [0.25, 0.3) is 5.91 Å². The molecule has 2 fully saturated rings. The Hall–Kier alpha value is -2.17. The maximum atomic E-state index is 12.7. The molecule has 1 saturated carbocycles. The lowest BCUT2D eigenvalue weighted by molar-refractivity contribution is -0.131. The molecule has 0 bridgehead atoms. The minimum Gasteiger partial charge on any atom is -0.323 e. The van der Waals surface area contributed by atoms with E-state index in [1.54, 1.807) is 12.1 Å². The molecule has 1 atom stereocenters. The fraction of sp³-hybridized carbons (Fsp3) is 0.471. The highest BCUT2D eigenvalue weighted by molar-refractivity contribution is 6.11. The zero-order valence-electron chi connectivity index (χ0n) is 12.9. The summed E-state index contributed by atoms with van der Waals surface area (Å²) in [6.45, 7) is 3.56. The summed E-state index contributed by atoms with van der Waals surface area (Å²) < 4.78 is 0. The minimum atomic E-state index is -0.789. The average Bonchev–Trinajstić information content (AvgIpc) is 3.31. The maximum Gasteiger partial charge on any atom is 0.325 e. The second kappa shape index (κ2) is 5.23. The van der Waals surface area contributed by atoms with Crippen LogP contribution < -0.4 is 5.32 Å². The van der Waals surface area contributed by atoms with E-state index >= 15 is 0 Å². The monoisotopic (exact) mass is 300 g/mol. The molecule has 3 rings (SSSR count). The van der Waals surface area contributed by atoms with Crippen LogP contribution in [0.3, 0.4) is 0 Å². The van der Waals surface area contributed by atoms with Crippen LogP contribution in [0.4, 0.5) is 4.79 Å². The summed E-state index contributed by atoms with van der Waals surface area (Å²) in [5.41, 5.74) is 0.621. The predicted molar refractivity (Wildman–Crippen MR) is 81.5 cm³/mol. The fourth-order valence-corrected chi connectivity index (χ4v) is 3.28. The molecule has 1 aliphatic carbocycles. The summed E-state index contributed by atoms with van der Waals surface area (Å²) in [6, 6.07) is 6.77. The van der Waals surface area contributed by atoms with Gasteiger partial charge in [0.1, 0.15) is 5.54 Å². The van der Waals surface area contributed by atoms with Crippen LogP contribution in [0.15, 0.2) is 24.3 Å². The summed E-state index contributed by atoms with van der Waals surface area (Å²) >= 11 is 0. The van der Waals surface area contributed by atoms with Gasteiger partial charge < -0.3 is 5.32 Å². The number of amides is 3. The van der Waals surface area contributed by atoms with Gasteiger partial charge in [0.15, 0.2) is 5.78 Å². The number of nitrogens with zero attached hydrogens (tertiary/aromatic N) is 1. The Morgan fingerprint density at radius 2 is 2.00 bits per heavy atom. The molecule has 1 N–H and O–H groups in total. The number of benzene rings is 1. The lowest BCUT2D eigenvalue weighted by Gasteiger charge is -2.24. The Morgan fingerprint density at radius 1 is 1.32 bits per heavy atom. The van der Waals surface area contributed by atoms with Crippen molar-refractivity contribution in [3.8, 4) is 0 Å². The van der Waals surface area contributed by atoms with Crippen molar-refractivity contribution in [2.24, 2.45) is 5.92 Å². The molecule has 1 saturated heterocycles. The van der Waals surface area contributed by atoms with Crippen molar-refractivity contribution in [3.05, 3.63) is 35.4 Å². The van der Waals surface area contributed by atoms with E-state index in [0.29, 0.717) is 12.0 Å². The van der Waals surface area contributed by atoms with Crippen LogP contribution in [0.5, 0.6) is 0 Å². The molecule has 1 heterocycles. The average molecular weight is 300 g/mol. The van der Waals surface area contributed by atoms with E-state index in [-0.39, 0.29) is 24.2 Å². The topological polar surface area (TPSA) is 66.5 Å². The third-order valence-electron chi connectivity index (χ3n) is 4.78. The van der Waals surface area contributed by atoms with Gasteiger partial charge in [0.2, 0.25) is 0 Å². The Morgan fingerprint density at radius 3 is 2.59 bits per heavy atom. The molecule has 0 unspecified atom stereocenters. The zero-order chi connectivity index (χ0) is 15.9. The van der Waals surface area contributed by atoms with Gasteiger partial charge in [-0.2, -0.15) is 0 Å². The lowest BCUT2D eigenvalue weighted by atomic mass is 9.90. The SMILES string of the molecule is CC[C@@]1(C2CC2)NC(=O)N(CC(=O)c2ccccc2C)C1=O. The van der Waals surface area contributed by atoms with Crippen molar-refractivity contribution in [3.63, 3.8) is 0 Å². The number of nitrogens with one attached hydrogen (secondary N) is 1. The van der Waals surface area contributed by atoms with Gasteiger partial charge in [-0.1, -0.05) is 31.2 Å². The van der Waals surface area contributed by atoms with E-state index in [0.717, 1.165) is 23.3 Å². The molecule has 5 heteroatoms. The van der Waals surface area contributed by atoms with Gasteiger partial charge in [-0.15, -0.1) is 0 Å². The van der Waals surface area contributed by atoms with Crippen LogP contribution in [0.2, 0.25) is 0 Å². The summed E-state index contributed by atoms with van der Waals surface area (Å²) in [4.78, 5) is 38.4. The first kappa shape index (κ1) is 14.8. The number of hydrogen-bond donors (Lipinski definition) is 1. The second-order valence-electron chi connectivity index (χ2n) is 6.16. The van der Waals surface area contributed by atoms with Gasteiger partial charge in [0.05, 0.1) is 6.54 Å². The molecule has 0 radical (unpaired) electrons. The minimum absolute atomic E-state index is 0.190. The van der Waals surface area contributed by atoms with Crippen molar-refractivity contribution in [2.45, 2.75) is 38.6 Å². The summed E-state index contributed by atoms with van der Waals surface area (Å²) in [5.74, 6) is -0.235. The Labute approximate surface area is 129 Å². The number of aryl methyl sites for hydroxylation is 1. The van der Waals surface area contributed by atoms with Crippen molar-refractivity contribution in [2.75, 3.05) is 6.54 Å². The van der Waals surface area contributed by atoms with Crippen molar-refractivity contribution >= 4 is 17.7 Å². The normalized spacial score (nSPS) is 24.5. The van der Waals surface area contributed by atoms with Gasteiger partial charge >= 0.3 is 6.03 Å². The van der Waals surface area contributed by atoms with Crippen LogP contribution in [0, 0.1) is 12.8 Å². The molecule has 1 aromatic carbocycles. The molecule has 5 nitrogen and oxygen atoms in total. The smallest absolute Gasteiger partial charge is 0.323 e. The molecule has 0 spiro atoms. The molecular formula is C17H20N2O3. The number of ketones is 1. The Kier molecular flexibility index (Phi) is 3.51. The van der Waals surface area contributed by atoms with Crippen LogP contribution >= 0.6 is 0 Å². The van der Waals surface area contributed by atoms with E-state index in [1.165, 1.54) is 0 Å². The number of carbonyl (C=O) groups excluding carboxylic acids is 3. The van der Waals surface area contributed by atoms with Gasteiger partial charge in [-0.3, -0.25) is 14.5 Å². The molecule has 116 valence electrons. The van der Waals surface area contributed by atoms with Gasteiger partial charge in [-0.25, -0.2) is 4.79 Å². The zero-order valence-corrected chi connectivity index (χ0v) is 12.9. The quantitative estimate of drug-likeness (QED) is 0.670. The van der Waals surface area contributed by atoms with E-state index in [2.05, 4.69) is 5.32 Å². The van der Waals surface area contributed by atoms with Crippen LogP contribution in [-0.2, 0) is 4.79 Å². The van der Waals surface area contributed by atoms with E-state index in [1.807, 2.05) is 26.0 Å². The number of urea groups is 1.